The second kappa shape index (κ2) is 5.98. The highest BCUT2D eigenvalue weighted by Gasteiger charge is 2.05. The van der Waals surface area contributed by atoms with Crippen LogP contribution in [0.1, 0.15) is 27.2 Å². The maximum Gasteiger partial charge on any atom is 0.0785 e. The van der Waals surface area contributed by atoms with E-state index in [1.807, 2.05) is 26.0 Å². The van der Waals surface area contributed by atoms with Crippen molar-refractivity contribution < 1.29 is 10.2 Å². The first-order valence-electron chi connectivity index (χ1n) is 4.32. The van der Waals surface area contributed by atoms with E-state index in [9.17, 15) is 5.11 Å². The van der Waals surface area contributed by atoms with Gasteiger partial charge < -0.3 is 10.2 Å². The minimum Gasteiger partial charge on any atom is -0.389 e. The van der Waals surface area contributed by atoms with E-state index in [1.54, 1.807) is 13.0 Å². The van der Waals surface area contributed by atoms with Crippen LogP contribution in [0.4, 0.5) is 0 Å². The average molecular weight is 170 g/mol. The predicted octanol–water partition coefficient (Wildman–Crippen LogP) is 1.64. The topological polar surface area (TPSA) is 40.5 Å². The molecule has 0 aromatic carbocycles. The summed E-state index contributed by atoms with van der Waals surface area (Å²) in [4.78, 5) is 0. The van der Waals surface area contributed by atoms with Crippen molar-refractivity contribution in [3.8, 4) is 0 Å². The van der Waals surface area contributed by atoms with Gasteiger partial charge in [0, 0.05) is 0 Å². The number of aliphatic hydroxyl groups excluding tert-OH is 2. The van der Waals surface area contributed by atoms with Crippen LogP contribution in [0.25, 0.3) is 0 Å². The van der Waals surface area contributed by atoms with Crippen molar-refractivity contribution in [1.82, 2.24) is 0 Å². The normalized spacial score (nSPS) is 18.2. The van der Waals surface area contributed by atoms with E-state index < -0.39 is 12.2 Å². The Labute approximate surface area is 74.2 Å². The molecular formula is C10H18O2. The number of aliphatic hydroxyl groups is 2. The molecule has 0 amide bonds. The largest absolute Gasteiger partial charge is 0.389 e. The molecule has 2 N–H and O–H groups in total. The molecule has 70 valence electrons. The van der Waals surface area contributed by atoms with E-state index in [0.29, 0.717) is 6.42 Å². The second-order valence-electron chi connectivity index (χ2n) is 2.83. The van der Waals surface area contributed by atoms with E-state index in [2.05, 4.69) is 0 Å². The summed E-state index contributed by atoms with van der Waals surface area (Å²) in [6.45, 7) is 5.47. The molecule has 0 radical (unpaired) electrons. The summed E-state index contributed by atoms with van der Waals surface area (Å²) in [7, 11) is 0. The van der Waals surface area contributed by atoms with Gasteiger partial charge in [0.1, 0.15) is 0 Å². The summed E-state index contributed by atoms with van der Waals surface area (Å²) >= 11 is 0. The number of hydrogen-bond donors (Lipinski definition) is 2. The van der Waals surface area contributed by atoms with Gasteiger partial charge in [-0.25, -0.2) is 0 Å². The molecule has 2 heteroatoms. The predicted molar refractivity (Wildman–Crippen MR) is 50.9 cm³/mol. The lowest BCUT2D eigenvalue weighted by Gasteiger charge is -2.09. The maximum absolute atomic E-state index is 9.47. The first kappa shape index (κ1) is 11.4. The van der Waals surface area contributed by atoms with Gasteiger partial charge in [-0.1, -0.05) is 25.2 Å². The maximum atomic E-state index is 9.47. The van der Waals surface area contributed by atoms with E-state index in [-0.39, 0.29) is 0 Å². The fourth-order valence-corrected chi connectivity index (χ4v) is 0.984. The molecule has 0 saturated heterocycles. The molecule has 12 heavy (non-hydrogen) atoms. The Morgan fingerprint density at radius 3 is 2.33 bits per heavy atom. The molecule has 1 unspecified atom stereocenters. The van der Waals surface area contributed by atoms with Gasteiger partial charge in [-0.3, -0.25) is 0 Å². The molecule has 0 aliphatic rings. The quantitative estimate of drug-likeness (QED) is 0.630. The van der Waals surface area contributed by atoms with Gasteiger partial charge in [-0.05, 0) is 25.8 Å². The Morgan fingerprint density at radius 1 is 1.42 bits per heavy atom. The SMILES string of the molecule is C/C=C\C(=C/[C@@H](C)O)C(O)CC. The van der Waals surface area contributed by atoms with Crippen LogP contribution >= 0.6 is 0 Å². The summed E-state index contributed by atoms with van der Waals surface area (Å²) in [5.41, 5.74) is 0.787. The molecule has 0 saturated carbocycles. The van der Waals surface area contributed by atoms with Gasteiger partial charge in [-0.2, -0.15) is 0 Å². The van der Waals surface area contributed by atoms with Crippen molar-refractivity contribution in [2.24, 2.45) is 0 Å². The van der Waals surface area contributed by atoms with Crippen molar-refractivity contribution in [1.29, 1.82) is 0 Å². The van der Waals surface area contributed by atoms with Crippen LogP contribution in [-0.4, -0.2) is 22.4 Å². The summed E-state index contributed by atoms with van der Waals surface area (Å²) < 4.78 is 0. The van der Waals surface area contributed by atoms with E-state index in [0.717, 1.165) is 5.57 Å². The van der Waals surface area contributed by atoms with Gasteiger partial charge >= 0.3 is 0 Å². The van der Waals surface area contributed by atoms with Crippen LogP contribution in [-0.2, 0) is 0 Å². The fraction of sp³-hybridized carbons (Fsp3) is 0.600. The third kappa shape index (κ3) is 4.31. The molecule has 0 fully saturated rings. The molecular weight excluding hydrogens is 152 g/mol. The summed E-state index contributed by atoms with van der Waals surface area (Å²) in [5.74, 6) is 0. The highest BCUT2D eigenvalue weighted by Crippen LogP contribution is 2.09. The summed E-state index contributed by atoms with van der Waals surface area (Å²) in [6, 6.07) is 0. The average Bonchev–Trinajstić information content (AvgIpc) is 2.01. The van der Waals surface area contributed by atoms with Crippen LogP contribution in [0.15, 0.2) is 23.8 Å². The van der Waals surface area contributed by atoms with Crippen molar-refractivity contribution in [2.45, 2.75) is 39.4 Å². The first-order valence-corrected chi connectivity index (χ1v) is 4.32. The Hall–Kier alpha value is -0.600. The van der Waals surface area contributed by atoms with Crippen LogP contribution < -0.4 is 0 Å². The summed E-state index contributed by atoms with van der Waals surface area (Å²) in [6.07, 6.45) is 5.04. The number of rotatable bonds is 4. The Bertz CT molecular complexity index is 169. The fourth-order valence-electron chi connectivity index (χ4n) is 0.984. The number of hydrogen-bond acceptors (Lipinski definition) is 2. The lowest BCUT2D eigenvalue weighted by atomic mass is 10.1. The molecule has 0 aromatic heterocycles. The lowest BCUT2D eigenvalue weighted by Crippen LogP contribution is -2.09. The second-order valence-corrected chi connectivity index (χ2v) is 2.83. The zero-order valence-corrected chi connectivity index (χ0v) is 7.99. The van der Waals surface area contributed by atoms with Crippen molar-refractivity contribution in [3.05, 3.63) is 23.8 Å². The lowest BCUT2D eigenvalue weighted by molar-refractivity contribution is 0.202. The van der Waals surface area contributed by atoms with Crippen LogP contribution in [0.2, 0.25) is 0 Å². The molecule has 0 heterocycles. The molecule has 0 spiro atoms. The monoisotopic (exact) mass is 170 g/mol. The molecule has 0 aliphatic carbocycles. The van der Waals surface area contributed by atoms with E-state index in [1.165, 1.54) is 0 Å². The van der Waals surface area contributed by atoms with Gasteiger partial charge in [0.05, 0.1) is 12.2 Å². The Morgan fingerprint density at radius 2 is 2.00 bits per heavy atom. The molecule has 0 bridgehead atoms. The van der Waals surface area contributed by atoms with Crippen LogP contribution in [0.5, 0.6) is 0 Å². The van der Waals surface area contributed by atoms with Crippen molar-refractivity contribution in [2.75, 3.05) is 0 Å². The zero-order valence-electron chi connectivity index (χ0n) is 7.99. The standard InChI is InChI=1S/C10H18O2/c1-4-6-9(7-8(3)11)10(12)5-2/h4,6-8,10-12H,5H2,1-3H3/b6-4-,9-7+/t8-,10?/m1/s1. The van der Waals surface area contributed by atoms with Crippen molar-refractivity contribution >= 4 is 0 Å². The number of allylic oxidation sites excluding steroid dienone is 1. The van der Waals surface area contributed by atoms with Crippen LogP contribution in [0.3, 0.4) is 0 Å². The minimum absolute atomic E-state index is 0.462. The molecule has 0 rings (SSSR count). The summed E-state index contributed by atoms with van der Waals surface area (Å²) in [5, 5.41) is 18.5. The van der Waals surface area contributed by atoms with Gasteiger partial charge in [0.2, 0.25) is 0 Å². The highest BCUT2D eigenvalue weighted by atomic mass is 16.3. The van der Waals surface area contributed by atoms with Gasteiger partial charge in [-0.15, -0.1) is 0 Å². The van der Waals surface area contributed by atoms with Crippen molar-refractivity contribution in [3.63, 3.8) is 0 Å². The van der Waals surface area contributed by atoms with Gasteiger partial charge in [0.15, 0.2) is 0 Å². The minimum atomic E-state index is -0.502. The molecule has 0 aliphatic heterocycles. The van der Waals surface area contributed by atoms with Gasteiger partial charge in [0.25, 0.3) is 0 Å². The molecule has 2 nitrogen and oxygen atoms in total. The highest BCUT2D eigenvalue weighted by molar-refractivity contribution is 5.23. The van der Waals surface area contributed by atoms with E-state index >= 15 is 0 Å². The smallest absolute Gasteiger partial charge is 0.0785 e. The molecule has 2 atom stereocenters. The Kier molecular flexibility index (Phi) is 5.68. The van der Waals surface area contributed by atoms with E-state index in [4.69, 9.17) is 5.11 Å². The van der Waals surface area contributed by atoms with Crippen LogP contribution in [0, 0.1) is 0 Å². The third-order valence-corrected chi connectivity index (χ3v) is 1.56. The zero-order chi connectivity index (χ0) is 9.56. The Balaban J connectivity index is 4.42. The molecule has 0 aromatic rings. The third-order valence-electron chi connectivity index (χ3n) is 1.56. The first-order chi connectivity index (χ1) is 5.61.